The number of nitrogens with zero attached hydrogens (tertiary/aromatic N) is 1. The average Bonchev–Trinajstić information content (AvgIpc) is 3.65. The van der Waals surface area contributed by atoms with Crippen molar-refractivity contribution in [2.45, 2.75) is 44.2 Å². The molecule has 2 aromatic carbocycles. The number of anilines is 2. The number of rotatable bonds is 6. The Morgan fingerprint density at radius 2 is 1.68 bits per heavy atom. The molecule has 0 bridgehead atoms. The molecule has 6 heteroatoms. The van der Waals surface area contributed by atoms with Crippen molar-refractivity contribution in [1.82, 2.24) is 4.90 Å². The predicted octanol–water partition coefficient (Wildman–Crippen LogP) is 4.23. The number of hydrogen-bond donors (Lipinski definition) is 2. The molecule has 1 saturated heterocycles. The predicted molar refractivity (Wildman–Crippen MR) is 122 cm³/mol. The van der Waals surface area contributed by atoms with Crippen LogP contribution in [0, 0.1) is 5.92 Å². The van der Waals surface area contributed by atoms with Crippen molar-refractivity contribution in [3.63, 3.8) is 0 Å². The molecule has 0 aromatic heterocycles. The highest BCUT2D eigenvalue weighted by atomic mass is 16.5. The Balaban J connectivity index is 1.27. The molecule has 5 rings (SSSR count). The zero-order chi connectivity index (χ0) is 21.4. The van der Waals surface area contributed by atoms with Crippen LogP contribution in [0.1, 0.15) is 42.9 Å². The van der Waals surface area contributed by atoms with Crippen LogP contribution in [0.3, 0.4) is 0 Å². The first-order chi connectivity index (χ1) is 15.1. The summed E-state index contributed by atoms with van der Waals surface area (Å²) < 4.78 is 11.1. The minimum Gasteiger partial charge on any atom is -0.493 e. The summed E-state index contributed by atoms with van der Waals surface area (Å²) in [6.45, 7) is 2.18. The number of piperidine rings is 1. The van der Waals surface area contributed by atoms with Crippen LogP contribution in [0.5, 0.6) is 11.5 Å². The molecule has 2 heterocycles. The number of fused-ring (bicyclic) bond motifs is 3. The van der Waals surface area contributed by atoms with E-state index >= 15 is 0 Å². The van der Waals surface area contributed by atoms with E-state index in [1.54, 1.807) is 14.2 Å². The van der Waals surface area contributed by atoms with Crippen molar-refractivity contribution in [2.75, 3.05) is 37.9 Å². The van der Waals surface area contributed by atoms with E-state index in [4.69, 9.17) is 9.47 Å². The van der Waals surface area contributed by atoms with E-state index in [2.05, 4.69) is 39.8 Å². The number of carbonyl (C=O) groups is 1. The zero-order valence-corrected chi connectivity index (χ0v) is 18.3. The van der Waals surface area contributed by atoms with Crippen molar-refractivity contribution < 1.29 is 14.3 Å². The Labute approximate surface area is 183 Å². The van der Waals surface area contributed by atoms with Gasteiger partial charge < -0.3 is 20.1 Å². The molecule has 6 nitrogen and oxygen atoms in total. The first-order valence-corrected chi connectivity index (χ1v) is 11.3. The maximum atomic E-state index is 11.9. The van der Waals surface area contributed by atoms with E-state index < -0.39 is 0 Å². The van der Waals surface area contributed by atoms with Gasteiger partial charge in [0.05, 0.1) is 14.2 Å². The monoisotopic (exact) mass is 421 g/mol. The molecule has 2 atom stereocenters. The Hall–Kier alpha value is -2.73. The fourth-order valence-electron chi connectivity index (χ4n) is 4.94. The third kappa shape index (κ3) is 4.22. The van der Waals surface area contributed by atoms with Gasteiger partial charge in [0.1, 0.15) is 0 Å². The minimum absolute atomic E-state index is 0.149. The normalized spacial score (nSPS) is 22.8. The number of carbonyl (C=O) groups excluding carboxylic acids is 1. The first kappa shape index (κ1) is 20.2. The van der Waals surface area contributed by atoms with Crippen LogP contribution in [0.15, 0.2) is 36.4 Å². The molecule has 3 aliphatic rings. The van der Waals surface area contributed by atoms with E-state index in [0.717, 1.165) is 68.1 Å². The van der Waals surface area contributed by atoms with E-state index in [9.17, 15) is 4.79 Å². The molecule has 1 aliphatic carbocycles. The van der Waals surface area contributed by atoms with Gasteiger partial charge in [0.25, 0.3) is 0 Å². The number of methoxy groups -OCH3 is 2. The lowest BCUT2D eigenvalue weighted by Crippen LogP contribution is -2.44. The molecule has 2 fully saturated rings. The summed E-state index contributed by atoms with van der Waals surface area (Å²) in [5, 5.41) is 6.72. The highest BCUT2D eigenvalue weighted by Gasteiger charge is 2.34. The second-order valence-corrected chi connectivity index (χ2v) is 8.91. The van der Waals surface area contributed by atoms with Crippen LogP contribution in [-0.2, 0) is 11.2 Å². The van der Waals surface area contributed by atoms with Crippen molar-refractivity contribution >= 4 is 17.3 Å². The molecule has 31 heavy (non-hydrogen) atoms. The second-order valence-electron chi connectivity index (χ2n) is 8.91. The summed E-state index contributed by atoms with van der Waals surface area (Å²) >= 11 is 0. The van der Waals surface area contributed by atoms with Crippen LogP contribution < -0.4 is 20.1 Å². The van der Waals surface area contributed by atoms with Crippen LogP contribution in [-0.4, -0.2) is 44.2 Å². The molecular formula is C25H31N3O3. The van der Waals surface area contributed by atoms with Crippen molar-refractivity contribution in [3.8, 4) is 11.5 Å². The van der Waals surface area contributed by atoms with E-state index in [-0.39, 0.29) is 11.8 Å². The van der Waals surface area contributed by atoms with Crippen molar-refractivity contribution in [3.05, 3.63) is 47.5 Å². The SMILES string of the molecule is COc1cc2c(cc1OC)C1CC(Nc3ccc(NC(=O)C4CC4)cc3)CCN1CC2. The van der Waals surface area contributed by atoms with Gasteiger partial charge in [0.2, 0.25) is 5.91 Å². The van der Waals surface area contributed by atoms with Gasteiger partial charge in [-0.1, -0.05) is 0 Å². The summed E-state index contributed by atoms with van der Waals surface area (Å²) in [7, 11) is 3.40. The summed E-state index contributed by atoms with van der Waals surface area (Å²) in [5.74, 6) is 1.99. The van der Waals surface area contributed by atoms with Crippen LogP contribution >= 0.6 is 0 Å². The molecule has 2 N–H and O–H groups in total. The maximum Gasteiger partial charge on any atom is 0.227 e. The van der Waals surface area contributed by atoms with Gasteiger partial charge in [0.15, 0.2) is 11.5 Å². The fourth-order valence-corrected chi connectivity index (χ4v) is 4.94. The number of amides is 1. The number of nitrogens with one attached hydrogen (secondary N) is 2. The molecule has 0 radical (unpaired) electrons. The molecular weight excluding hydrogens is 390 g/mol. The van der Waals surface area contributed by atoms with Gasteiger partial charge in [-0.2, -0.15) is 0 Å². The third-order valence-corrected chi connectivity index (χ3v) is 6.86. The lowest BCUT2D eigenvalue weighted by atomic mass is 9.84. The quantitative estimate of drug-likeness (QED) is 0.731. The molecule has 164 valence electrons. The lowest BCUT2D eigenvalue weighted by Gasteiger charge is -2.44. The van der Waals surface area contributed by atoms with Crippen molar-refractivity contribution in [1.29, 1.82) is 0 Å². The standard InChI is InChI=1S/C25H31N3O3/c1-30-23-13-17-9-11-28-12-10-20(14-22(28)21(17)15-24(23)31-2)26-18-5-7-19(8-6-18)27-25(29)16-3-4-16/h5-8,13,15-16,20,22,26H,3-4,9-12,14H2,1-2H3,(H,27,29). The Morgan fingerprint density at radius 1 is 0.968 bits per heavy atom. The Morgan fingerprint density at radius 3 is 2.39 bits per heavy atom. The molecule has 2 unspecified atom stereocenters. The number of hydrogen-bond acceptors (Lipinski definition) is 5. The summed E-state index contributed by atoms with van der Waals surface area (Å²) in [6, 6.07) is 13.2. The number of benzene rings is 2. The van der Waals surface area contributed by atoms with Crippen LogP contribution in [0.2, 0.25) is 0 Å². The fraction of sp³-hybridized carbons (Fsp3) is 0.480. The lowest BCUT2D eigenvalue weighted by molar-refractivity contribution is -0.117. The highest BCUT2D eigenvalue weighted by Crippen LogP contribution is 2.42. The largest absolute Gasteiger partial charge is 0.493 e. The molecule has 2 aliphatic heterocycles. The van der Waals surface area contributed by atoms with E-state index in [1.807, 2.05) is 12.1 Å². The van der Waals surface area contributed by atoms with Gasteiger partial charge in [-0.3, -0.25) is 9.69 Å². The first-order valence-electron chi connectivity index (χ1n) is 11.3. The summed E-state index contributed by atoms with van der Waals surface area (Å²) in [4.78, 5) is 14.5. The summed E-state index contributed by atoms with van der Waals surface area (Å²) in [6.07, 6.45) is 5.28. The van der Waals surface area contributed by atoms with Gasteiger partial charge in [-0.05, 0) is 79.6 Å². The van der Waals surface area contributed by atoms with E-state index in [0.29, 0.717) is 12.1 Å². The third-order valence-electron chi connectivity index (χ3n) is 6.86. The highest BCUT2D eigenvalue weighted by molar-refractivity contribution is 5.94. The topological polar surface area (TPSA) is 62.8 Å². The number of ether oxygens (including phenoxy) is 2. The van der Waals surface area contributed by atoms with Crippen LogP contribution in [0.4, 0.5) is 11.4 Å². The Kier molecular flexibility index (Phi) is 5.48. The Bertz CT molecular complexity index is 955. The maximum absolute atomic E-state index is 11.9. The molecule has 1 amide bonds. The average molecular weight is 422 g/mol. The zero-order valence-electron chi connectivity index (χ0n) is 18.3. The minimum atomic E-state index is 0.149. The second kappa shape index (κ2) is 8.42. The van der Waals surface area contributed by atoms with Crippen molar-refractivity contribution in [2.24, 2.45) is 5.92 Å². The molecule has 2 aromatic rings. The van der Waals surface area contributed by atoms with Gasteiger partial charge in [-0.25, -0.2) is 0 Å². The van der Waals surface area contributed by atoms with Crippen LogP contribution in [0.25, 0.3) is 0 Å². The van der Waals surface area contributed by atoms with Gasteiger partial charge >= 0.3 is 0 Å². The summed E-state index contributed by atoms with van der Waals surface area (Å²) in [5.41, 5.74) is 4.72. The smallest absolute Gasteiger partial charge is 0.227 e. The van der Waals surface area contributed by atoms with Gasteiger partial charge in [-0.15, -0.1) is 0 Å². The van der Waals surface area contributed by atoms with E-state index in [1.165, 1.54) is 11.1 Å². The molecule has 0 spiro atoms. The molecule has 1 saturated carbocycles. The van der Waals surface area contributed by atoms with Gasteiger partial charge in [0, 0.05) is 42.5 Å².